The molecule has 0 radical (unpaired) electrons. The molecule has 0 spiro atoms. The third-order valence-corrected chi connectivity index (χ3v) is 5.36. The lowest BCUT2D eigenvalue weighted by molar-refractivity contribution is -0.140. The molecule has 2 bridgehead atoms. The predicted molar refractivity (Wildman–Crippen MR) is 95.9 cm³/mol. The minimum Gasteiger partial charge on any atom is -0.494 e. The number of benzene rings is 1. The molecule has 1 saturated carbocycles. The van der Waals surface area contributed by atoms with Crippen molar-refractivity contribution in [2.75, 3.05) is 13.2 Å². The van der Waals surface area contributed by atoms with Gasteiger partial charge in [-0.05, 0) is 44.2 Å². The van der Waals surface area contributed by atoms with E-state index >= 15 is 0 Å². The van der Waals surface area contributed by atoms with Crippen LogP contribution >= 0.6 is 0 Å². The van der Waals surface area contributed by atoms with Gasteiger partial charge in [0.15, 0.2) is 0 Å². The van der Waals surface area contributed by atoms with Crippen molar-refractivity contribution in [2.45, 2.75) is 20.3 Å². The van der Waals surface area contributed by atoms with Crippen LogP contribution < -0.4 is 9.47 Å². The Morgan fingerprint density at radius 1 is 1.08 bits per heavy atom. The highest BCUT2D eigenvalue weighted by molar-refractivity contribution is 6.06. The van der Waals surface area contributed by atoms with E-state index < -0.39 is 0 Å². The number of amides is 2. The lowest BCUT2D eigenvalue weighted by atomic mass is 9.85. The Hall–Kier alpha value is -2.63. The number of nitrogens with zero attached hydrogens (tertiary/aromatic N) is 2. The molecule has 136 valence electrons. The summed E-state index contributed by atoms with van der Waals surface area (Å²) < 4.78 is 11.1. The van der Waals surface area contributed by atoms with Gasteiger partial charge in [0.25, 0.3) is 11.8 Å². The summed E-state index contributed by atoms with van der Waals surface area (Å²) in [4.78, 5) is 25.3. The predicted octanol–water partition coefficient (Wildman–Crippen LogP) is 2.63. The molecule has 1 aromatic rings. The highest BCUT2D eigenvalue weighted by Crippen LogP contribution is 2.52. The first-order valence-corrected chi connectivity index (χ1v) is 9.13. The Kier molecular flexibility index (Phi) is 4.26. The van der Waals surface area contributed by atoms with Crippen LogP contribution in [0.1, 0.15) is 25.8 Å². The fourth-order valence-corrected chi connectivity index (χ4v) is 4.28. The number of allylic oxidation sites excluding steroid dienone is 2. The molecule has 0 aromatic heterocycles. The zero-order valence-corrected chi connectivity index (χ0v) is 14.9. The third kappa shape index (κ3) is 2.60. The summed E-state index contributed by atoms with van der Waals surface area (Å²) in [6.07, 6.45) is 6.58. The van der Waals surface area contributed by atoms with Crippen LogP contribution in [0.25, 0.3) is 0 Å². The summed E-state index contributed by atoms with van der Waals surface area (Å²) in [6.45, 7) is 4.87. The first kappa shape index (κ1) is 16.8. The van der Waals surface area contributed by atoms with Crippen molar-refractivity contribution < 1.29 is 19.1 Å². The Labute approximate surface area is 152 Å². The van der Waals surface area contributed by atoms with Gasteiger partial charge in [0.1, 0.15) is 11.5 Å². The lowest BCUT2D eigenvalue weighted by Crippen LogP contribution is -2.28. The van der Waals surface area contributed by atoms with Crippen molar-refractivity contribution in [3.05, 3.63) is 35.9 Å². The molecule has 2 amide bonds. The van der Waals surface area contributed by atoms with Crippen LogP contribution in [0.2, 0.25) is 0 Å². The number of imide groups is 1. The maximum Gasteiger partial charge on any atom is 0.254 e. The highest BCUT2D eigenvalue weighted by atomic mass is 16.5. The summed E-state index contributed by atoms with van der Waals surface area (Å²) in [7, 11) is 0. The van der Waals surface area contributed by atoms with Crippen LogP contribution in [0.15, 0.2) is 35.5 Å². The number of hydrazone groups is 1. The number of ether oxygens (including phenoxy) is 2. The minimum atomic E-state index is -0.235. The van der Waals surface area contributed by atoms with Crippen LogP contribution in [0.5, 0.6) is 11.5 Å². The second-order valence-corrected chi connectivity index (χ2v) is 6.80. The molecule has 1 aromatic carbocycles. The molecular weight excluding hydrogens is 332 g/mol. The quantitative estimate of drug-likeness (QED) is 0.447. The van der Waals surface area contributed by atoms with Crippen molar-refractivity contribution in [1.29, 1.82) is 0 Å². The second-order valence-electron chi connectivity index (χ2n) is 6.80. The van der Waals surface area contributed by atoms with Gasteiger partial charge in [-0.15, -0.1) is 0 Å². The number of hydrogen-bond acceptors (Lipinski definition) is 5. The molecular formula is C20H22N2O4. The summed E-state index contributed by atoms with van der Waals surface area (Å²) in [5.41, 5.74) is 0.703. The molecule has 6 nitrogen and oxygen atoms in total. The molecule has 4 rings (SSSR count). The van der Waals surface area contributed by atoms with E-state index in [4.69, 9.17) is 9.47 Å². The van der Waals surface area contributed by atoms with E-state index in [0.717, 1.165) is 11.4 Å². The molecule has 2 aliphatic carbocycles. The zero-order valence-electron chi connectivity index (χ0n) is 14.9. The number of carbonyl (C=O) groups excluding carboxylic acids is 2. The van der Waals surface area contributed by atoms with Gasteiger partial charge in [0, 0.05) is 11.6 Å². The summed E-state index contributed by atoms with van der Waals surface area (Å²) >= 11 is 0. The average Bonchev–Trinajstić information content (AvgIpc) is 3.30. The molecule has 26 heavy (non-hydrogen) atoms. The smallest absolute Gasteiger partial charge is 0.254 e. The average molecular weight is 354 g/mol. The van der Waals surface area contributed by atoms with Gasteiger partial charge in [-0.1, -0.05) is 12.2 Å². The Balaban J connectivity index is 1.57. The third-order valence-electron chi connectivity index (χ3n) is 5.36. The number of carbonyl (C=O) groups is 2. The van der Waals surface area contributed by atoms with Crippen molar-refractivity contribution in [3.63, 3.8) is 0 Å². The van der Waals surface area contributed by atoms with Gasteiger partial charge in [-0.25, -0.2) is 0 Å². The normalized spacial score (nSPS) is 29.1. The summed E-state index contributed by atoms with van der Waals surface area (Å²) in [5, 5.41) is 5.26. The van der Waals surface area contributed by atoms with E-state index in [1.54, 1.807) is 6.07 Å². The number of rotatable bonds is 6. The molecule has 1 aliphatic heterocycles. The highest BCUT2D eigenvalue weighted by Gasteiger charge is 2.59. The molecule has 6 heteroatoms. The van der Waals surface area contributed by atoms with E-state index in [2.05, 4.69) is 17.3 Å². The van der Waals surface area contributed by atoms with Gasteiger partial charge in [0.2, 0.25) is 0 Å². The second kappa shape index (κ2) is 6.59. The fourth-order valence-electron chi connectivity index (χ4n) is 4.28. The Bertz CT molecular complexity index is 771. The molecule has 0 unspecified atom stereocenters. The Morgan fingerprint density at radius 2 is 1.73 bits per heavy atom. The van der Waals surface area contributed by atoms with Gasteiger partial charge < -0.3 is 9.47 Å². The van der Waals surface area contributed by atoms with Crippen LogP contribution in [0.4, 0.5) is 0 Å². The van der Waals surface area contributed by atoms with E-state index in [9.17, 15) is 9.59 Å². The number of hydrogen-bond donors (Lipinski definition) is 0. The lowest BCUT2D eigenvalue weighted by Gasteiger charge is -2.13. The van der Waals surface area contributed by atoms with Crippen molar-refractivity contribution >= 4 is 18.0 Å². The van der Waals surface area contributed by atoms with Crippen LogP contribution in [-0.4, -0.2) is 36.3 Å². The van der Waals surface area contributed by atoms with Gasteiger partial charge in [0.05, 0.1) is 31.3 Å². The van der Waals surface area contributed by atoms with Crippen molar-refractivity contribution in [2.24, 2.45) is 28.8 Å². The largest absolute Gasteiger partial charge is 0.494 e. The summed E-state index contributed by atoms with van der Waals surface area (Å²) in [5.74, 6) is 0.857. The topological polar surface area (TPSA) is 68.2 Å². The van der Waals surface area contributed by atoms with E-state index in [0.29, 0.717) is 30.3 Å². The van der Waals surface area contributed by atoms with Gasteiger partial charge >= 0.3 is 0 Å². The van der Waals surface area contributed by atoms with Crippen LogP contribution in [0, 0.1) is 23.7 Å². The first-order chi connectivity index (χ1) is 12.6. The fraction of sp³-hybridized carbons (Fsp3) is 0.450. The standard InChI is InChI=1S/C20H22N2O4/c1-3-25-15-8-7-14(16(10-15)26-4-2)11-21-22-19(23)17-12-5-6-13(9-12)18(17)20(22)24/h5-8,10-13,17-18H,3-4,9H2,1-2H3/b21-11-/t12-,13+,17+,18-. The summed E-state index contributed by atoms with van der Waals surface area (Å²) in [6, 6.07) is 5.43. The first-order valence-electron chi connectivity index (χ1n) is 9.13. The van der Waals surface area contributed by atoms with E-state index in [-0.39, 0.29) is 35.5 Å². The molecule has 1 saturated heterocycles. The molecule has 4 atom stereocenters. The van der Waals surface area contributed by atoms with E-state index in [1.807, 2.05) is 26.0 Å². The van der Waals surface area contributed by atoms with Gasteiger partial charge in [-0.2, -0.15) is 10.1 Å². The maximum atomic E-state index is 12.7. The van der Waals surface area contributed by atoms with Crippen LogP contribution in [-0.2, 0) is 9.59 Å². The van der Waals surface area contributed by atoms with Crippen molar-refractivity contribution in [1.82, 2.24) is 5.01 Å². The minimum absolute atomic E-state index is 0.183. The number of fused-ring (bicyclic) bond motifs is 5. The SMILES string of the molecule is CCOc1ccc(/C=N\N2C(=O)[C@@H]3[C@H](C2=O)[C@H]2C=C[C@@H]3C2)c(OCC)c1. The molecule has 2 fully saturated rings. The van der Waals surface area contributed by atoms with Crippen molar-refractivity contribution in [3.8, 4) is 11.5 Å². The molecule has 3 aliphatic rings. The zero-order chi connectivity index (χ0) is 18.3. The van der Waals surface area contributed by atoms with Gasteiger partial charge in [-0.3, -0.25) is 9.59 Å². The molecule has 0 N–H and O–H groups in total. The van der Waals surface area contributed by atoms with Crippen LogP contribution in [0.3, 0.4) is 0 Å². The monoisotopic (exact) mass is 354 g/mol. The van der Waals surface area contributed by atoms with E-state index in [1.165, 1.54) is 6.21 Å². The maximum absolute atomic E-state index is 12.7. The Morgan fingerprint density at radius 3 is 2.35 bits per heavy atom. The molecule has 1 heterocycles.